The van der Waals surface area contributed by atoms with Gasteiger partial charge in [0.1, 0.15) is 0 Å². The van der Waals surface area contributed by atoms with Crippen molar-refractivity contribution in [3.05, 3.63) is 0 Å². The maximum Gasteiger partial charge on any atom is 0.236 e. The summed E-state index contributed by atoms with van der Waals surface area (Å²) in [7, 11) is 3.98. The summed E-state index contributed by atoms with van der Waals surface area (Å²) in [5.74, 6) is 0.187. The van der Waals surface area contributed by atoms with Gasteiger partial charge in [-0.15, -0.1) is 0 Å². The number of hydrogen-bond donors (Lipinski definition) is 1. The lowest BCUT2D eigenvalue weighted by Gasteiger charge is -2.39. The number of aliphatic hydroxyl groups excluding tert-OH is 1. The number of amides is 1. The molecule has 2 aliphatic rings. The fraction of sp³-hybridized carbons (Fsp3) is 0.938. The maximum atomic E-state index is 12.4. The van der Waals surface area contributed by atoms with Gasteiger partial charge in [-0.2, -0.15) is 0 Å². The first-order chi connectivity index (χ1) is 10.1. The third kappa shape index (κ3) is 4.94. The molecule has 2 saturated heterocycles. The number of carbonyl (C=O) groups excluding carboxylic acids is 1. The molecule has 2 aliphatic heterocycles. The summed E-state index contributed by atoms with van der Waals surface area (Å²) in [5, 5.41) is 10.2. The highest BCUT2D eigenvalue weighted by Gasteiger charge is 2.31. The van der Waals surface area contributed by atoms with Crippen molar-refractivity contribution in [3.63, 3.8) is 0 Å². The van der Waals surface area contributed by atoms with Gasteiger partial charge in [-0.1, -0.05) is 19.3 Å². The average Bonchev–Trinajstić information content (AvgIpc) is 2.41. The summed E-state index contributed by atoms with van der Waals surface area (Å²) in [5.41, 5.74) is 0. The molecular formula is C16H31N3O2. The molecule has 0 saturated carbocycles. The van der Waals surface area contributed by atoms with Crippen LogP contribution in [0, 0.1) is 0 Å². The van der Waals surface area contributed by atoms with Crippen LogP contribution in [0.15, 0.2) is 0 Å². The van der Waals surface area contributed by atoms with Crippen LogP contribution >= 0.6 is 0 Å². The molecule has 1 N–H and O–H groups in total. The number of piperidine rings is 1. The van der Waals surface area contributed by atoms with Crippen molar-refractivity contribution in [1.29, 1.82) is 0 Å². The van der Waals surface area contributed by atoms with Crippen molar-refractivity contribution in [1.82, 2.24) is 14.7 Å². The molecule has 0 aliphatic carbocycles. The minimum Gasteiger partial charge on any atom is -0.390 e. The Labute approximate surface area is 128 Å². The zero-order valence-corrected chi connectivity index (χ0v) is 13.6. The van der Waals surface area contributed by atoms with Gasteiger partial charge in [-0.3, -0.25) is 9.69 Å². The molecule has 0 aromatic carbocycles. The van der Waals surface area contributed by atoms with E-state index in [0.29, 0.717) is 13.1 Å². The molecule has 0 radical (unpaired) electrons. The van der Waals surface area contributed by atoms with E-state index in [1.54, 1.807) is 0 Å². The lowest BCUT2D eigenvalue weighted by molar-refractivity contribution is -0.137. The third-order valence-electron chi connectivity index (χ3n) is 4.87. The minimum absolute atomic E-state index is 0.177. The van der Waals surface area contributed by atoms with Crippen LogP contribution in [0.25, 0.3) is 0 Å². The van der Waals surface area contributed by atoms with Crippen LogP contribution in [-0.4, -0.2) is 84.7 Å². The van der Waals surface area contributed by atoms with Gasteiger partial charge in [-0.05, 0) is 46.4 Å². The second kappa shape index (κ2) is 8.11. The van der Waals surface area contributed by atoms with E-state index in [1.165, 1.54) is 32.1 Å². The lowest BCUT2D eigenvalue weighted by Crippen LogP contribution is -2.55. The van der Waals surface area contributed by atoms with Crippen LogP contribution in [0.3, 0.4) is 0 Å². The number of likely N-dealkylation sites (tertiary alicyclic amines) is 2. The van der Waals surface area contributed by atoms with Gasteiger partial charge in [0.25, 0.3) is 0 Å². The molecule has 5 nitrogen and oxygen atoms in total. The minimum atomic E-state index is -0.426. The van der Waals surface area contributed by atoms with Crippen LogP contribution in [0.5, 0.6) is 0 Å². The Kier molecular flexibility index (Phi) is 6.45. The Morgan fingerprint density at radius 3 is 2.29 bits per heavy atom. The quantitative estimate of drug-likeness (QED) is 0.836. The van der Waals surface area contributed by atoms with E-state index in [9.17, 15) is 9.90 Å². The number of nitrogens with zero attached hydrogens (tertiary/aromatic N) is 3. The number of β-amino-alcohol motifs (C(OH)–C–C–N with tert-alkyl or cyclic N) is 1. The molecule has 0 bridgehead atoms. The Morgan fingerprint density at radius 1 is 1.10 bits per heavy atom. The molecule has 0 spiro atoms. The largest absolute Gasteiger partial charge is 0.390 e. The van der Waals surface area contributed by atoms with Gasteiger partial charge < -0.3 is 14.9 Å². The molecule has 5 heteroatoms. The van der Waals surface area contributed by atoms with Crippen molar-refractivity contribution in [2.45, 2.75) is 50.7 Å². The third-order valence-corrected chi connectivity index (χ3v) is 4.87. The summed E-state index contributed by atoms with van der Waals surface area (Å²) in [6, 6.07) is 0.177. The first-order valence-electron chi connectivity index (χ1n) is 8.42. The first kappa shape index (κ1) is 16.7. The predicted octanol–water partition coefficient (Wildman–Crippen LogP) is 0.776. The monoisotopic (exact) mass is 297 g/mol. The standard InChI is InChI=1S/C16H31N3O2/c1-17(2)14-8-11-19(12-15(14)20)16(21)13-18-9-6-4-3-5-7-10-18/h14-15,20H,3-13H2,1-2H3/t14-,15-/m0/s1. The summed E-state index contributed by atoms with van der Waals surface area (Å²) >= 11 is 0. The number of likely N-dealkylation sites (N-methyl/N-ethyl adjacent to an activating group) is 1. The number of rotatable bonds is 3. The second-order valence-electron chi connectivity index (χ2n) is 6.77. The molecule has 21 heavy (non-hydrogen) atoms. The van der Waals surface area contributed by atoms with Crippen LogP contribution in [0.4, 0.5) is 0 Å². The van der Waals surface area contributed by atoms with E-state index in [4.69, 9.17) is 0 Å². The van der Waals surface area contributed by atoms with Crippen molar-refractivity contribution < 1.29 is 9.90 Å². The fourth-order valence-electron chi connectivity index (χ4n) is 3.51. The van der Waals surface area contributed by atoms with E-state index in [0.717, 1.165) is 26.1 Å². The fourth-order valence-corrected chi connectivity index (χ4v) is 3.51. The first-order valence-corrected chi connectivity index (χ1v) is 8.42. The second-order valence-corrected chi connectivity index (χ2v) is 6.77. The summed E-state index contributed by atoms with van der Waals surface area (Å²) in [4.78, 5) is 18.7. The normalized spacial score (nSPS) is 29.2. The van der Waals surface area contributed by atoms with Crippen LogP contribution in [-0.2, 0) is 4.79 Å². The SMILES string of the molecule is CN(C)[C@H]1CCN(C(=O)CN2CCCCCCC2)C[C@@H]1O. The zero-order valence-electron chi connectivity index (χ0n) is 13.6. The van der Waals surface area contributed by atoms with Gasteiger partial charge in [0.2, 0.25) is 5.91 Å². The van der Waals surface area contributed by atoms with Crippen LogP contribution < -0.4 is 0 Å². The summed E-state index contributed by atoms with van der Waals surface area (Å²) in [6.07, 6.45) is 6.77. The van der Waals surface area contributed by atoms with Crippen LogP contribution in [0.1, 0.15) is 38.5 Å². The van der Waals surface area contributed by atoms with Gasteiger partial charge in [0, 0.05) is 19.1 Å². The van der Waals surface area contributed by atoms with Gasteiger partial charge in [0.15, 0.2) is 0 Å². The summed E-state index contributed by atoms with van der Waals surface area (Å²) < 4.78 is 0. The number of aliphatic hydroxyl groups is 1. The Balaban J connectivity index is 1.80. The highest BCUT2D eigenvalue weighted by atomic mass is 16.3. The maximum absolute atomic E-state index is 12.4. The van der Waals surface area contributed by atoms with Gasteiger partial charge in [-0.25, -0.2) is 0 Å². The Bertz CT molecular complexity index is 327. The van der Waals surface area contributed by atoms with E-state index in [1.807, 2.05) is 19.0 Å². The van der Waals surface area contributed by atoms with E-state index in [-0.39, 0.29) is 11.9 Å². The van der Waals surface area contributed by atoms with Crippen molar-refractivity contribution in [3.8, 4) is 0 Å². The van der Waals surface area contributed by atoms with E-state index in [2.05, 4.69) is 9.80 Å². The molecular weight excluding hydrogens is 266 g/mol. The van der Waals surface area contributed by atoms with Crippen molar-refractivity contribution in [2.24, 2.45) is 0 Å². The Hall–Kier alpha value is -0.650. The van der Waals surface area contributed by atoms with E-state index >= 15 is 0 Å². The average molecular weight is 297 g/mol. The molecule has 1 amide bonds. The molecule has 2 rings (SSSR count). The molecule has 0 aromatic heterocycles. The highest BCUT2D eigenvalue weighted by molar-refractivity contribution is 5.78. The van der Waals surface area contributed by atoms with Gasteiger partial charge >= 0.3 is 0 Å². The molecule has 2 fully saturated rings. The smallest absolute Gasteiger partial charge is 0.236 e. The van der Waals surface area contributed by atoms with Crippen molar-refractivity contribution >= 4 is 5.91 Å². The molecule has 2 atom stereocenters. The van der Waals surface area contributed by atoms with Crippen molar-refractivity contribution in [2.75, 3.05) is 46.8 Å². The van der Waals surface area contributed by atoms with Gasteiger partial charge in [0.05, 0.1) is 12.6 Å². The number of carbonyl (C=O) groups is 1. The molecule has 0 aromatic rings. The van der Waals surface area contributed by atoms with E-state index < -0.39 is 6.10 Å². The molecule has 122 valence electrons. The predicted molar refractivity (Wildman–Crippen MR) is 84.2 cm³/mol. The summed E-state index contributed by atoms with van der Waals surface area (Å²) in [6.45, 7) is 3.87. The molecule has 0 unspecified atom stereocenters. The highest BCUT2D eigenvalue weighted by Crippen LogP contribution is 2.16. The molecule has 2 heterocycles. The Morgan fingerprint density at radius 2 is 1.71 bits per heavy atom. The lowest BCUT2D eigenvalue weighted by atomic mass is 10.0. The topological polar surface area (TPSA) is 47.0 Å². The van der Waals surface area contributed by atoms with Crippen LogP contribution in [0.2, 0.25) is 0 Å². The number of hydrogen-bond acceptors (Lipinski definition) is 4. The zero-order chi connectivity index (χ0) is 15.2.